The van der Waals surface area contributed by atoms with E-state index in [-0.39, 0.29) is 5.41 Å². The van der Waals surface area contributed by atoms with Gasteiger partial charge in [0.05, 0.1) is 10.0 Å². The minimum absolute atomic E-state index is 0.157. The zero-order chi connectivity index (χ0) is 11.8. The zero-order valence-electron chi connectivity index (χ0n) is 9.06. The lowest BCUT2D eigenvalue weighted by Gasteiger charge is -2.17. The van der Waals surface area contributed by atoms with Gasteiger partial charge in [-0.15, -0.1) is 11.6 Å². The number of rotatable bonds is 4. The van der Waals surface area contributed by atoms with Gasteiger partial charge in [-0.05, 0) is 37.1 Å². The second kappa shape index (κ2) is 4.73. The molecule has 1 aromatic carbocycles. The van der Waals surface area contributed by atoms with Gasteiger partial charge in [0.15, 0.2) is 0 Å². The van der Waals surface area contributed by atoms with Gasteiger partial charge in [-0.25, -0.2) is 0 Å². The summed E-state index contributed by atoms with van der Waals surface area (Å²) in [5.41, 5.74) is 1.40. The summed E-state index contributed by atoms with van der Waals surface area (Å²) < 4.78 is 0. The first-order valence-electron chi connectivity index (χ1n) is 5.30. The summed E-state index contributed by atoms with van der Waals surface area (Å²) in [6, 6.07) is 5.88. The fourth-order valence-electron chi connectivity index (χ4n) is 2.38. The van der Waals surface area contributed by atoms with E-state index in [0.717, 1.165) is 13.0 Å². The average molecular weight is 279 g/mol. The zero-order valence-corrected chi connectivity index (χ0v) is 11.3. The highest BCUT2D eigenvalue weighted by molar-refractivity contribution is 6.42. The van der Waals surface area contributed by atoms with E-state index in [2.05, 4.69) is 11.4 Å². The average Bonchev–Trinajstić information content (AvgIpc) is 2.97. The highest BCUT2D eigenvalue weighted by atomic mass is 35.5. The molecular weight excluding hydrogens is 264 g/mol. The second-order valence-corrected chi connectivity index (χ2v) is 5.49. The highest BCUT2D eigenvalue weighted by Gasteiger charge is 2.54. The van der Waals surface area contributed by atoms with Crippen molar-refractivity contribution in [2.45, 2.75) is 11.8 Å². The van der Waals surface area contributed by atoms with Crippen molar-refractivity contribution in [2.75, 3.05) is 19.5 Å². The third-order valence-corrected chi connectivity index (χ3v) is 4.52. The number of halogens is 3. The van der Waals surface area contributed by atoms with Gasteiger partial charge in [0.2, 0.25) is 0 Å². The van der Waals surface area contributed by atoms with Crippen LogP contribution >= 0.6 is 34.8 Å². The van der Waals surface area contributed by atoms with Crippen LogP contribution in [0.2, 0.25) is 10.0 Å². The van der Waals surface area contributed by atoms with Gasteiger partial charge in [-0.2, -0.15) is 0 Å². The van der Waals surface area contributed by atoms with E-state index in [1.807, 2.05) is 19.2 Å². The monoisotopic (exact) mass is 277 g/mol. The van der Waals surface area contributed by atoms with Crippen molar-refractivity contribution in [3.63, 3.8) is 0 Å². The lowest BCUT2D eigenvalue weighted by molar-refractivity contribution is 0.583. The van der Waals surface area contributed by atoms with Gasteiger partial charge in [-0.1, -0.05) is 29.3 Å². The first kappa shape index (κ1) is 12.5. The molecule has 0 amide bonds. The lowest BCUT2D eigenvalue weighted by Crippen LogP contribution is -2.26. The van der Waals surface area contributed by atoms with Crippen molar-refractivity contribution in [3.8, 4) is 0 Å². The number of nitrogens with one attached hydrogen (secondary N) is 1. The molecule has 0 saturated heterocycles. The van der Waals surface area contributed by atoms with Gasteiger partial charge in [0, 0.05) is 17.8 Å². The number of alkyl halides is 1. The van der Waals surface area contributed by atoms with Crippen LogP contribution in [0.15, 0.2) is 18.2 Å². The van der Waals surface area contributed by atoms with Crippen LogP contribution in [0.1, 0.15) is 12.0 Å². The molecule has 1 N–H and O–H groups in total. The van der Waals surface area contributed by atoms with Gasteiger partial charge < -0.3 is 5.32 Å². The fraction of sp³-hybridized carbons (Fsp3) is 0.500. The molecule has 1 nitrogen and oxygen atoms in total. The molecule has 1 saturated carbocycles. The topological polar surface area (TPSA) is 12.0 Å². The third kappa shape index (κ3) is 2.06. The number of hydrogen-bond acceptors (Lipinski definition) is 1. The summed E-state index contributed by atoms with van der Waals surface area (Å²) in [5, 5.41) is 4.46. The molecule has 1 aliphatic carbocycles. The molecule has 0 unspecified atom stereocenters. The van der Waals surface area contributed by atoms with E-state index in [9.17, 15) is 0 Å². The predicted octanol–water partition coefficient (Wildman–Crippen LogP) is 3.71. The molecule has 0 aliphatic heterocycles. The fourth-order valence-corrected chi connectivity index (χ4v) is 3.08. The molecule has 2 rings (SSSR count). The Morgan fingerprint density at radius 2 is 2.12 bits per heavy atom. The number of benzene rings is 1. The van der Waals surface area contributed by atoms with Gasteiger partial charge >= 0.3 is 0 Å². The Bertz CT molecular complexity index is 394. The molecule has 0 bridgehead atoms. The summed E-state index contributed by atoms with van der Waals surface area (Å²) in [7, 11) is 1.96. The SMILES string of the molecule is CNC[C@]1(c2ccc(Cl)c(Cl)c2)C[C@@H]1CCl. The van der Waals surface area contributed by atoms with Gasteiger partial charge in [-0.3, -0.25) is 0 Å². The maximum atomic E-state index is 6.05. The maximum absolute atomic E-state index is 6.05. The first-order chi connectivity index (χ1) is 7.64. The van der Waals surface area contributed by atoms with Gasteiger partial charge in [0.1, 0.15) is 0 Å². The Morgan fingerprint density at radius 1 is 1.38 bits per heavy atom. The van der Waals surface area contributed by atoms with Crippen LogP contribution in [0.4, 0.5) is 0 Å². The Hall–Kier alpha value is 0.0500. The molecule has 4 heteroatoms. The maximum Gasteiger partial charge on any atom is 0.0595 e. The number of hydrogen-bond donors (Lipinski definition) is 1. The molecule has 1 aromatic rings. The molecular formula is C12H14Cl3N. The number of likely N-dealkylation sites (N-methyl/N-ethyl adjacent to an activating group) is 1. The van der Waals surface area contributed by atoms with Crippen LogP contribution in [0.3, 0.4) is 0 Å². The van der Waals surface area contributed by atoms with Crippen molar-refractivity contribution in [2.24, 2.45) is 5.92 Å². The molecule has 1 fully saturated rings. The van der Waals surface area contributed by atoms with E-state index in [4.69, 9.17) is 34.8 Å². The minimum Gasteiger partial charge on any atom is -0.319 e. The molecule has 1 aliphatic rings. The van der Waals surface area contributed by atoms with Crippen LogP contribution in [-0.4, -0.2) is 19.5 Å². The summed E-state index contributed by atoms with van der Waals surface area (Å²) in [6.45, 7) is 0.933. The normalized spacial score (nSPS) is 28.1. The van der Waals surface area contributed by atoms with E-state index in [1.165, 1.54) is 5.56 Å². The van der Waals surface area contributed by atoms with Crippen molar-refractivity contribution < 1.29 is 0 Å². The lowest BCUT2D eigenvalue weighted by atomic mass is 9.93. The van der Waals surface area contributed by atoms with Crippen molar-refractivity contribution in [3.05, 3.63) is 33.8 Å². The van der Waals surface area contributed by atoms with E-state index >= 15 is 0 Å². The van der Waals surface area contributed by atoms with Crippen molar-refractivity contribution in [1.29, 1.82) is 0 Å². The van der Waals surface area contributed by atoms with Crippen molar-refractivity contribution >= 4 is 34.8 Å². The standard InChI is InChI=1S/C12H14Cl3N/c1-16-7-12(5-9(12)6-13)8-2-3-10(14)11(15)4-8/h2-4,9,16H,5-7H2,1H3/t9-,12+/m1/s1. The summed E-state index contributed by atoms with van der Waals surface area (Å²) in [6.07, 6.45) is 1.12. The Morgan fingerprint density at radius 3 is 2.62 bits per heavy atom. The molecule has 0 heterocycles. The van der Waals surface area contributed by atoms with E-state index < -0.39 is 0 Å². The molecule has 2 atom stereocenters. The summed E-state index contributed by atoms with van der Waals surface area (Å²) in [5.74, 6) is 1.24. The summed E-state index contributed by atoms with van der Waals surface area (Å²) >= 11 is 17.9. The second-order valence-electron chi connectivity index (χ2n) is 4.37. The molecule has 0 spiro atoms. The van der Waals surface area contributed by atoms with Crippen molar-refractivity contribution in [1.82, 2.24) is 5.32 Å². The third-order valence-electron chi connectivity index (χ3n) is 3.41. The van der Waals surface area contributed by atoms with E-state index in [1.54, 1.807) is 0 Å². The Labute approximate surface area is 111 Å². The molecule has 16 heavy (non-hydrogen) atoms. The van der Waals surface area contributed by atoms with Crippen LogP contribution in [-0.2, 0) is 5.41 Å². The van der Waals surface area contributed by atoms with E-state index in [0.29, 0.717) is 21.8 Å². The quantitative estimate of drug-likeness (QED) is 0.828. The van der Waals surface area contributed by atoms with Crippen LogP contribution in [0.5, 0.6) is 0 Å². The Kier molecular flexibility index (Phi) is 3.70. The molecule has 0 aromatic heterocycles. The smallest absolute Gasteiger partial charge is 0.0595 e. The Balaban J connectivity index is 2.31. The van der Waals surface area contributed by atoms with Crippen LogP contribution < -0.4 is 5.32 Å². The highest BCUT2D eigenvalue weighted by Crippen LogP contribution is 2.54. The van der Waals surface area contributed by atoms with Crippen LogP contribution in [0.25, 0.3) is 0 Å². The largest absolute Gasteiger partial charge is 0.319 e. The predicted molar refractivity (Wildman–Crippen MR) is 70.9 cm³/mol. The van der Waals surface area contributed by atoms with Gasteiger partial charge in [0.25, 0.3) is 0 Å². The minimum atomic E-state index is 0.157. The van der Waals surface area contributed by atoms with Crippen LogP contribution in [0, 0.1) is 5.92 Å². The summed E-state index contributed by atoms with van der Waals surface area (Å²) in [4.78, 5) is 0. The first-order valence-corrected chi connectivity index (χ1v) is 6.59. The molecule has 88 valence electrons. The molecule has 0 radical (unpaired) electrons.